The Morgan fingerprint density at radius 1 is 0.931 bits per heavy atom. The lowest BCUT2D eigenvalue weighted by Gasteiger charge is -2.16. The number of imidazole rings is 1. The first-order valence-corrected chi connectivity index (χ1v) is 9.38. The summed E-state index contributed by atoms with van der Waals surface area (Å²) in [6.07, 6.45) is 0. The van der Waals surface area contributed by atoms with Crippen LogP contribution in [0.2, 0.25) is 0 Å². The largest absolute Gasteiger partial charge is 0.462 e. The summed E-state index contributed by atoms with van der Waals surface area (Å²) in [5, 5.41) is 0.543. The summed E-state index contributed by atoms with van der Waals surface area (Å²) in [4.78, 5) is 30.6. The molecule has 0 amide bonds. The van der Waals surface area contributed by atoms with Crippen molar-refractivity contribution in [1.29, 1.82) is 0 Å². The van der Waals surface area contributed by atoms with Crippen LogP contribution < -0.4 is 5.56 Å². The van der Waals surface area contributed by atoms with Crippen molar-refractivity contribution < 1.29 is 9.53 Å². The number of nitrogens with zero attached hydrogens (tertiary/aromatic N) is 3. The van der Waals surface area contributed by atoms with Crippen molar-refractivity contribution in [2.24, 2.45) is 0 Å². The van der Waals surface area contributed by atoms with Crippen LogP contribution in [0.1, 0.15) is 17.3 Å². The Morgan fingerprint density at radius 3 is 2.45 bits per heavy atom. The van der Waals surface area contributed by atoms with Gasteiger partial charge in [-0.15, -0.1) is 0 Å². The zero-order valence-corrected chi connectivity index (χ0v) is 15.7. The molecule has 2 aromatic heterocycles. The van der Waals surface area contributed by atoms with Gasteiger partial charge in [0.05, 0.1) is 39.8 Å². The number of hydrogen-bond acceptors (Lipinski definition) is 4. The molecule has 0 N–H and O–H groups in total. The highest BCUT2D eigenvalue weighted by Gasteiger charge is 2.20. The molecule has 3 aromatic carbocycles. The van der Waals surface area contributed by atoms with Gasteiger partial charge in [0.25, 0.3) is 5.56 Å². The van der Waals surface area contributed by atoms with Gasteiger partial charge in [-0.25, -0.2) is 14.2 Å². The SMILES string of the molecule is CCOC(=O)c1ccccc1-n1c2ccccc2c(=O)n2c3ccccc3nc12. The highest BCUT2D eigenvalue weighted by molar-refractivity contribution is 5.96. The monoisotopic (exact) mass is 383 g/mol. The van der Waals surface area contributed by atoms with Crippen molar-refractivity contribution in [2.75, 3.05) is 6.61 Å². The first-order valence-electron chi connectivity index (χ1n) is 9.38. The number of aromatic nitrogens is 3. The van der Waals surface area contributed by atoms with Gasteiger partial charge >= 0.3 is 5.97 Å². The predicted octanol–water partition coefficient (Wildman–Crippen LogP) is 3.97. The van der Waals surface area contributed by atoms with E-state index in [9.17, 15) is 9.59 Å². The number of carbonyl (C=O) groups is 1. The molecular weight excluding hydrogens is 366 g/mol. The van der Waals surface area contributed by atoms with E-state index in [4.69, 9.17) is 9.72 Å². The molecule has 0 aliphatic rings. The molecule has 6 heteroatoms. The highest BCUT2D eigenvalue weighted by Crippen LogP contribution is 2.25. The summed E-state index contributed by atoms with van der Waals surface area (Å²) in [6, 6.07) is 22.0. The fourth-order valence-electron chi connectivity index (χ4n) is 3.73. The summed E-state index contributed by atoms with van der Waals surface area (Å²) in [6.45, 7) is 2.05. The molecule has 0 fully saturated rings. The first kappa shape index (κ1) is 17.2. The van der Waals surface area contributed by atoms with Crippen molar-refractivity contribution >= 4 is 33.7 Å². The Bertz CT molecular complexity index is 1460. The third-order valence-corrected chi connectivity index (χ3v) is 4.96. The van der Waals surface area contributed by atoms with Gasteiger partial charge in [-0.3, -0.25) is 9.36 Å². The van der Waals surface area contributed by atoms with Crippen molar-refractivity contribution in [3.63, 3.8) is 0 Å². The second-order valence-electron chi connectivity index (χ2n) is 6.63. The van der Waals surface area contributed by atoms with Gasteiger partial charge in [-0.2, -0.15) is 0 Å². The highest BCUT2D eigenvalue weighted by atomic mass is 16.5. The molecule has 0 aliphatic carbocycles. The van der Waals surface area contributed by atoms with Crippen molar-refractivity contribution in [2.45, 2.75) is 6.92 Å². The lowest BCUT2D eigenvalue weighted by molar-refractivity contribution is 0.0526. The van der Waals surface area contributed by atoms with E-state index in [0.29, 0.717) is 33.4 Å². The van der Waals surface area contributed by atoms with Gasteiger partial charge < -0.3 is 4.74 Å². The lowest BCUT2D eigenvalue weighted by Crippen LogP contribution is -2.19. The van der Waals surface area contributed by atoms with Gasteiger partial charge in [-0.1, -0.05) is 36.4 Å². The standard InChI is InChI=1S/C23H17N3O3/c1-2-29-22(28)16-10-4-7-13-19(16)25-18-12-6-3-9-15(18)21(27)26-20-14-8-5-11-17(20)24-23(25)26/h3-14H,2H2,1H3. The number of benzene rings is 3. The number of carbonyl (C=O) groups excluding carboxylic acids is 1. The smallest absolute Gasteiger partial charge is 0.340 e. The zero-order chi connectivity index (χ0) is 20.0. The molecule has 6 nitrogen and oxygen atoms in total. The maximum absolute atomic E-state index is 13.3. The number of fused-ring (bicyclic) bond motifs is 4. The van der Waals surface area contributed by atoms with Crippen LogP contribution in [0.5, 0.6) is 0 Å². The van der Waals surface area contributed by atoms with E-state index in [0.717, 1.165) is 5.52 Å². The molecule has 0 spiro atoms. The third-order valence-electron chi connectivity index (χ3n) is 4.96. The molecule has 29 heavy (non-hydrogen) atoms. The van der Waals surface area contributed by atoms with Gasteiger partial charge in [0.2, 0.25) is 5.78 Å². The fraction of sp³-hybridized carbons (Fsp3) is 0.0870. The Labute approximate surface area is 165 Å². The van der Waals surface area contributed by atoms with E-state index in [1.807, 2.05) is 59.2 Å². The first-order chi connectivity index (χ1) is 14.2. The van der Waals surface area contributed by atoms with E-state index in [2.05, 4.69) is 0 Å². The molecule has 0 aliphatic heterocycles. The molecule has 0 radical (unpaired) electrons. The molecule has 0 saturated heterocycles. The van der Waals surface area contributed by atoms with Crippen LogP contribution >= 0.6 is 0 Å². The summed E-state index contributed by atoms with van der Waals surface area (Å²) in [5.74, 6) is 0.0341. The normalized spacial score (nSPS) is 11.3. The lowest BCUT2D eigenvalue weighted by atomic mass is 10.1. The van der Waals surface area contributed by atoms with Crippen LogP contribution in [0.15, 0.2) is 77.6 Å². The second-order valence-corrected chi connectivity index (χ2v) is 6.63. The van der Waals surface area contributed by atoms with E-state index in [1.165, 1.54) is 0 Å². The summed E-state index contributed by atoms with van der Waals surface area (Å²) < 4.78 is 8.70. The van der Waals surface area contributed by atoms with E-state index >= 15 is 0 Å². The van der Waals surface area contributed by atoms with E-state index < -0.39 is 5.97 Å². The number of para-hydroxylation sites is 4. The zero-order valence-electron chi connectivity index (χ0n) is 15.7. The van der Waals surface area contributed by atoms with Crippen molar-refractivity contribution in [3.05, 3.63) is 88.7 Å². The van der Waals surface area contributed by atoms with Gasteiger partial charge in [-0.05, 0) is 43.3 Å². The third kappa shape index (κ3) is 2.53. The van der Waals surface area contributed by atoms with Crippen LogP contribution in [0.3, 0.4) is 0 Å². The predicted molar refractivity (Wildman–Crippen MR) is 112 cm³/mol. The minimum atomic E-state index is -0.417. The molecule has 2 heterocycles. The van der Waals surface area contributed by atoms with Crippen LogP contribution in [-0.4, -0.2) is 26.5 Å². The molecule has 0 atom stereocenters. The minimum absolute atomic E-state index is 0.144. The number of rotatable bonds is 3. The quantitative estimate of drug-likeness (QED) is 0.442. The van der Waals surface area contributed by atoms with Gasteiger partial charge in [0, 0.05) is 0 Å². The summed E-state index contributed by atoms with van der Waals surface area (Å²) in [5.41, 5.74) is 2.99. The van der Waals surface area contributed by atoms with Crippen LogP contribution in [0, 0.1) is 0 Å². The molecule has 0 bridgehead atoms. The van der Waals surface area contributed by atoms with Crippen molar-refractivity contribution in [3.8, 4) is 5.69 Å². The molecule has 0 unspecified atom stereocenters. The maximum atomic E-state index is 13.3. The topological polar surface area (TPSA) is 65.6 Å². The Kier molecular flexibility index (Phi) is 3.91. The number of hydrogen-bond donors (Lipinski definition) is 0. The fourth-order valence-corrected chi connectivity index (χ4v) is 3.73. The Hall–Kier alpha value is -3.93. The van der Waals surface area contributed by atoms with Crippen molar-refractivity contribution in [1.82, 2.24) is 14.0 Å². The molecule has 0 saturated carbocycles. The maximum Gasteiger partial charge on any atom is 0.340 e. The summed E-state index contributed by atoms with van der Waals surface area (Å²) in [7, 11) is 0. The number of esters is 1. The Balaban J connectivity index is 2.00. The van der Waals surface area contributed by atoms with Gasteiger partial charge in [0.1, 0.15) is 0 Å². The van der Waals surface area contributed by atoms with Crippen LogP contribution in [0.25, 0.3) is 33.4 Å². The Morgan fingerprint density at radius 2 is 1.62 bits per heavy atom. The summed E-state index contributed by atoms with van der Waals surface area (Å²) >= 11 is 0. The van der Waals surface area contributed by atoms with E-state index in [1.54, 1.807) is 29.5 Å². The molecule has 142 valence electrons. The van der Waals surface area contributed by atoms with Crippen LogP contribution in [0.4, 0.5) is 0 Å². The molecular formula is C23H17N3O3. The molecule has 5 rings (SSSR count). The second kappa shape index (κ2) is 6.60. The van der Waals surface area contributed by atoms with Crippen LogP contribution in [-0.2, 0) is 4.74 Å². The average molecular weight is 383 g/mol. The van der Waals surface area contributed by atoms with E-state index in [-0.39, 0.29) is 12.2 Å². The minimum Gasteiger partial charge on any atom is -0.462 e. The van der Waals surface area contributed by atoms with Gasteiger partial charge in [0.15, 0.2) is 0 Å². The number of ether oxygens (including phenoxy) is 1. The average Bonchev–Trinajstić information content (AvgIpc) is 3.14. The molecule has 5 aromatic rings.